The minimum Gasteiger partial charge on any atom is -0.550 e. The van der Waals surface area contributed by atoms with Crippen molar-refractivity contribution in [2.24, 2.45) is 0 Å². The molecule has 0 spiro atoms. The van der Waals surface area contributed by atoms with Gasteiger partial charge < -0.3 is 14.5 Å². The molecule has 0 unspecified atom stereocenters. The molecule has 2 aromatic carbocycles. The second-order valence-electron chi connectivity index (χ2n) is 5.44. The number of hydrogen-bond donors (Lipinski definition) is 0. The summed E-state index contributed by atoms with van der Waals surface area (Å²) in [5.41, 5.74) is 2.22. The minimum absolute atomic E-state index is 0.0482. The molecule has 1 heterocycles. The largest absolute Gasteiger partial charge is 0.550 e. The molecule has 5 nitrogen and oxygen atoms in total. The van der Waals surface area contributed by atoms with Gasteiger partial charge in [-0.15, -0.1) is 0 Å². The molecule has 122 valence electrons. The fourth-order valence-corrected chi connectivity index (χ4v) is 2.68. The highest BCUT2D eigenvalue weighted by atomic mass is 35.5. The van der Waals surface area contributed by atoms with E-state index >= 15 is 0 Å². The van der Waals surface area contributed by atoms with Gasteiger partial charge in [0.15, 0.2) is 0 Å². The van der Waals surface area contributed by atoms with Crippen LogP contribution in [0.1, 0.15) is 17.7 Å². The van der Waals surface area contributed by atoms with Crippen LogP contribution in [-0.2, 0) is 17.8 Å². The molecule has 6 heteroatoms. The molecule has 0 aliphatic heterocycles. The highest BCUT2D eigenvalue weighted by molar-refractivity contribution is 6.30. The number of aliphatic carboxylic acids is 1. The van der Waals surface area contributed by atoms with Gasteiger partial charge >= 0.3 is 0 Å². The Hall–Kier alpha value is -2.66. The summed E-state index contributed by atoms with van der Waals surface area (Å²) in [5.74, 6) is -1.20. The van der Waals surface area contributed by atoms with Gasteiger partial charge in [-0.2, -0.15) is 0 Å². The zero-order chi connectivity index (χ0) is 17.1. The highest BCUT2D eigenvalue weighted by Gasteiger charge is 2.11. The van der Waals surface area contributed by atoms with Gasteiger partial charge in [0.25, 0.3) is 5.56 Å². The molecule has 0 N–H and O–H groups in total. The molecule has 0 bridgehead atoms. The number of carbonyl (C=O) groups is 1. The molecule has 24 heavy (non-hydrogen) atoms. The summed E-state index contributed by atoms with van der Waals surface area (Å²) in [6, 6.07) is 14.5. The zero-order valence-electron chi connectivity index (χ0n) is 12.7. The molecule has 0 amide bonds. The van der Waals surface area contributed by atoms with Crippen molar-refractivity contribution in [1.29, 1.82) is 0 Å². The number of benzene rings is 2. The third-order valence-corrected chi connectivity index (χ3v) is 3.99. The number of hydrogen-bond acceptors (Lipinski definition) is 4. The summed E-state index contributed by atoms with van der Waals surface area (Å²) in [4.78, 5) is 27.7. The van der Waals surface area contributed by atoms with Gasteiger partial charge in [0.1, 0.15) is 5.69 Å². The van der Waals surface area contributed by atoms with Crippen LogP contribution in [0.25, 0.3) is 11.0 Å². The van der Waals surface area contributed by atoms with Crippen molar-refractivity contribution in [2.75, 3.05) is 0 Å². The fraction of sp³-hybridized carbons (Fsp3) is 0.167. The molecule has 3 rings (SSSR count). The van der Waals surface area contributed by atoms with Gasteiger partial charge in [0.05, 0.1) is 17.6 Å². The lowest BCUT2D eigenvalue weighted by Gasteiger charge is -2.13. The maximum Gasteiger partial charge on any atom is 0.273 e. The number of nitrogens with zero attached hydrogens (tertiary/aromatic N) is 2. The summed E-state index contributed by atoms with van der Waals surface area (Å²) in [6.07, 6.45) is -0.186. The average molecular weight is 342 g/mol. The standard InChI is InChI=1S/C18H15ClN2O3/c19-13-7-5-12(6-8-13)11-21-16-4-2-1-3-14(16)20-15(18(21)24)9-10-17(22)23/h1-8H,9-11H2,(H,22,23)/p-1. The van der Waals surface area contributed by atoms with Crippen LogP contribution in [0, 0.1) is 0 Å². The van der Waals surface area contributed by atoms with E-state index in [1.165, 1.54) is 0 Å². The number of aromatic nitrogens is 2. The van der Waals surface area contributed by atoms with E-state index in [0.29, 0.717) is 22.6 Å². The van der Waals surface area contributed by atoms with E-state index in [2.05, 4.69) is 4.98 Å². The van der Waals surface area contributed by atoms with Crippen LogP contribution in [-0.4, -0.2) is 15.5 Å². The Bertz CT molecular complexity index is 949. The maximum atomic E-state index is 12.7. The van der Waals surface area contributed by atoms with Crippen molar-refractivity contribution in [1.82, 2.24) is 9.55 Å². The molecule has 0 atom stereocenters. The van der Waals surface area contributed by atoms with Crippen molar-refractivity contribution < 1.29 is 9.90 Å². The molecule has 0 saturated heterocycles. The average Bonchev–Trinajstić information content (AvgIpc) is 2.57. The molecule has 3 aromatic rings. The monoisotopic (exact) mass is 341 g/mol. The topological polar surface area (TPSA) is 75.0 Å². The second kappa shape index (κ2) is 6.84. The van der Waals surface area contributed by atoms with E-state index in [-0.39, 0.29) is 24.1 Å². The Labute approximate surface area is 143 Å². The van der Waals surface area contributed by atoms with Crippen molar-refractivity contribution in [2.45, 2.75) is 19.4 Å². The Morgan fingerprint density at radius 1 is 1.12 bits per heavy atom. The van der Waals surface area contributed by atoms with Gasteiger partial charge in [0, 0.05) is 17.4 Å². The minimum atomic E-state index is -1.20. The lowest BCUT2D eigenvalue weighted by Crippen LogP contribution is -2.28. The van der Waals surface area contributed by atoms with Crippen molar-refractivity contribution in [3.05, 3.63) is 75.2 Å². The lowest BCUT2D eigenvalue weighted by atomic mass is 10.2. The molecule has 0 aliphatic rings. The first kappa shape index (κ1) is 16.2. The van der Waals surface area contributed by atoms with Crippen LogP contribution in [0.3, 0.4) is 0 Å². The number of carbonyl (C=O) groups excluding carboxylic acids is 1. The summed E-state index contributed by atoms with van der Waals surface area (Å²) in [5, 5.41) is 11.3. The maximum absolute atomic E-state index is 12.7. The number of rotatable bonds is 5. The Balaban J connectivity index is 2.09. The lowest BCUT2D eigenvalue weighted by molar-refractivity contribution is -0.305. The summed E-state index contributed by atoms with van der Waals surface area (Å²) in [7, 11) is 0. The molecule has 0 fully saturated rings. The van der Waals surface area contributed by atoms with Crippen LogP contribution < -0.4 is 10.7 Å². The van der Waals surface area contributed by atoms with Crippen LogP contribution in [0.15, 0.2) is 53.3 Å². The number of aryl methyl sites for hydroxylation is 1. The molecule has 1 aromatic heterocycles. The third kappa shape index (κ3) is 3.46. The Morgan fingerprint density at radius 3 is 2.54 bits per heavy atom. The first-order chi connectivity index (χ1) is 11.5. The third-order valence-electron chi connectivity index (χ3n) is 3.74. The van der Waals surface area contributed by atoms with Crippen molar-refractivity contribution in [3.63, 3.8) is 0 Å². The smallest absolute Gasteiger partial charge is 0.273 e. The van der Waals surface area contributed by atoms with E-state index < -0.39 is 5.97 Å². The SMILES string of the molecule is O=C([O-])CCc1nc2ccccc2n(Cc2ccc(Cl)cc2)c1=O. The molecule has 0 radical (unpaired) electrons. The molecule has 0 aliphatic carbocycles. The first-order valence-electron chi connectivity index (χ1n) is 7.47. The normalized spacial score (nSPS) is 10.9. The van der Waals surface area contributed by atoms with Crippen molar-refractivity contribution in [3.8, 4) is 0 Å². The van der Waals surface area contributed by atoms with Gasteiger partial charge in [0.2, 0.25) is 0 Å². The van der Waals surface area contributed by atoms with E-state index in [9.17, 15) is 14.7 Å². The number of carboxylic acid groups (broad SMARTS) is 1. The predicted molar refractivity (Wildman–Crippen MR) is 89.9 cm³/mol. The molecule has 0 saturated carbocycles. The summed E-state index contributed by atoms with van der Waals surface area (Å²) < 4.78 is 1.61. The predicted octanol–water partition coefficient (Wildman–Crippen LogP) is 1.78. The fourth-order valence-electron chi connectivity index (χ4n) is 2.56. The van der Waals surface area contributed by atoms with Crippen LogP contribution in [0.5, 0.6) is 0 Å². The van der Waals surface area contributed by atoms with E-state index in [1.807, 2.05) is 30.3 Å². The number of fused-ring (bicyclic) bond motifs is 1. The van der Waals surface area contributed by atoms with E-state index in [1.54, 1.807) is 22.8 Å². The quantitative estimate of drug-likeness (QED) is 0.709. The summed E-state index contributed by atoms with van der Waals surface area (Å²) in [6.45, 7) is 0.358. The Morgan fingerprint density at radius 2 is 1.83 bits per heavy atom. The first-order valence-corrected chi connectivity index (χ1v) is 7.85. The van der Waals surface area contributed by atoms with Crippen LogP contribution in [0.2, 0.25) is 5.02 Å². The number of carboxylic acids is 1. The zero-order valence-corrected chi connectivity index (χ0v) is 13.5. The number of para-hydroxylation sites is 2. The highest BCUT2D eigenvalue weighted by Crippen LogP contribution is 2.14. The van der Waals surface area contributed by atoms with Gasteiger partial charge in [-0.05, 0) is 36.2 Å². The van der Waals surface area contributed by atoms with Crippen LogP contribution in [0.4, 0.5) is 0 Å². The van der Waals surface area contributed by atoms with Crippen molar-refractivity contribution >= 4 is 28.6 Å². The summed E-state index contributed by atoms with van der Waals surface area (Å²) >= 11 is 5.90. The van der Waals surface area contributed by atoms with Gasteiger partial charge in [-0.1, -0.05) is 35.9 Å². The number of halogens is 1. The molecular weight excluding hydrogens is 328 g/mol. The van der Waals surface area contributed by atoms with E-state index in [4.69, 9.17) is 11.6 Å². The van der Waals surface area contributed by atoms with Gasteiger partial charge in [-0.3, -0.25) is 4.79 Å². The molecular formula is C18H14ClN2O3-. The van der Waals surface area contributed by atoms with Crippen LogP contribution >= 0.6 is 11.6 Å². The Kier molecular flexibility index (Phi) is 4.62. The van der Waals surface area contributed by atoms with Gasteiger partial charge in [-0.25, -0.2) is 4.98 Å². The van der Waals surface area contributed by atoms with E-state index in [0.717, 1.165) is 5.56 Å². The second-order valence-corrected chi connectivity index (χ2v) is 5.87.